The Balaban J connectivity index is 1.87. The average molecular weight is 324 g/mol. The lowest BCUT2D eigenvalue weighted by atomic mass is 10.1. The van der Waals surface area contributed by atoms with Gasteiger partial charge in [0, 0.05) is 51.5 Å². The molecule has 0 radical (unpaired) electrons. The zero-order chi connectivity index (χ0) is 17.4. The third-order valence-electron chi connectivity index (χ3n) is 3.63. The number of aryl methyl sites for hydroxylation is 1. The lowest BCUT2D eigenvalue weighted by molar-refractivity contribution is 0.00517. The molecule has 1 aliphatic rings. The zero-order valence-electron chi connectivity index (χ0n) is 14.3. The Hall–Kier alpha value is -2.09. The Labute approximate surface area is 134 Å². The van der Waals surface area contributed by atoms with Gasteiger partial charge in [-0.15, -0.1) is 0 Å². The highest BCUT2D eigenvalue weighted by Crippen LogP contribution is 2.15. The Morgan fingerprint density at radius 2 is 1.91 bits per heavy atom. The fourth-order valence-corrected chi connectivity index (χ4v) is 2.34. The molecule has 8 heteroatoms. The molecule has 1 saturated heterocycles. The molecule has 0 bridgehead atoms. The molecule has 0 spiro atoms. The molecule has 8 nitrogen and oxygen atoms in total. The van der Waals surface area contributed by atoms with Gasteiger partial charge in [0.1, 0.15) is 5.60 Å². The van der Waals surface area contributed by atoms with Gasteiger partial charge in [0.2, 0.25) is 0 Å². The van der Waals surface area contributed by atoms with E-state index >= 15 is 0 Å². The third-order valence-corrected chi connectivity index (χ3v) is 3.63. The summed E-state index contributed by atoms with van der Waals surface area (Å²) in [6.45, 7) is 6.93. The summed E-state index contributed by atoms with van der Waals surface area (Å²) < 4.78 is 7.75. The largest absolute Gasteiger partial charge is 0.444 e. The van der Waals surface area contributed by atoms with Gasteiger partial charge in [-0.2, -0.15) is 0 Å². The molecule has 1 aliphatic heterocycles. The fourth-order valence-electron chi connectivity index (χ4n) is 2.34. The van der Waals surface area contributed by atoms with Gasteiger partial charge in [0.25, 0.3) is 5.56 Å². The van der Waals surface area contributed by atoms with Crippen molar-refractivity contribution in [1.29, 1.82) is 0 Å². The first-order chi connectivity index (χ1) is 10.6. The van der Waals surface area contributed by atoms with Crippen LogP contribution in [0.5, 0.6) is 0 Å². The van der Waals surface area contributed by atoms with Crippen LogP contribution < -0.4 is 16.6 Å². The van der Waals surface area contributed by atoms with E-state index in [1.54, 1.807) is 18.1 Å². The van der Waals surface area contributed by atoms with Gasteiger partial charge in [-0.05, 0) is 20.8 Å². The summed E-state index contributed by atoms with van der Waals surface area (Å²) in [5.41, 5.74) is -0.635. The predicted octanol–water partition coefficient (Wildman–Crippen LogP) is -0.207. The van der Waals surface area contributed by atoms with E-state index in [2.05, 4.69) is 5.32 Å². The van der Waals surface area contributed by atoms with Crippen LogP contribution in [0.1, 0.15) is 26.3 Å². The molecule has 0 aromatic carbocycles. The highest BCUT2D eigenvalue weighted by atomic mass is 16.6. The molecule has 23 heavy (non-hydrogen) atoms. The van der Waals surface area contributed by atoms with E-state index < -0.39 is 5.60 Å². The maximum Gasteiger partial charge on any atom is 0.410 e. The number of nitrogens with zero attached hydrogens (tertiary/aromatic N) is 3. The SMILES string of the molecule is Cn1cc(CNC2CN(C(=O)OC(C)(C)C)C2)c(=O)n(C)c1=O. The number of hydrogen-bond donors (Lipinski definition) is 1. The molecule has 1 N–H and O–H groups in total. The minimum absolute atomic E-state index is 0.115. The molecule has 2 heterocycles. The molecule has 0 saturated carbocycles. The molecule has 1 amide bonds. The Kier molecular flexibility index (Phi) is 4.65. The second-order valence-electron chi connectivity index (χ2n) is 6.88. The van der Waals surface area contributed by atoms with E-state index in [0.717, 1.165) is 4.57 Å². The number of carbonyl (C=O) groups excluding carboxylic acids is 1. The van der Waals surface area contributed by atoms with Crippen LogP contribution in [0, 0.1) is 0 Å². The molecule has 2 rings (SSSR count). The summed E-state index contributed by atoms with van der Waals surface area (Å²) in [5.74, 6) is 0. The van der Waals surface area contributed by atoms with Crippen LogP contribution in [0.3, 0.4) is 0 Å². The number of amides is 1. The third kappa shape index (κ3) is 4.01. The van der Waals surface area contributed by atoms with Crippen molar-refractivity contribution >= 4 is 6.09 Å². The summed E-state index contributed by atoms with van der Waals surface area (Å²) in [6.07, 6.45) is 1.22. The van der Waals surface area contributed by atoms with Crippen molar-refractivity contribution < 1.29 is 9.53 Å². The van der Waals surface area contributed by atoms with Gasteiger partial charge in [-0.3, -0.25) is 9.36 Å². The van der Waals surface area contributed by atoms with Crippen LogP contribution >= 0.6 is 0 Å². The summed E-state index contributed by atoms with van der Waals surface area (Å²) in [5, 5.41) is 3.22. The van der Waals surface area contributed by atoms with Crippen molar-refractivity contribution in [2.24, 2.45) is 14.1 Å². The normalized spacial score (nSPS) is 15.4. The number of aromatic nitrogens is 2. The first-order valence-corrected chi connectivity index (χ1v) is 7.55. The highest BCUT2D eigenvalue weighted by Gasteiger charge is 2.33. The maximum atomic E-state index is 12.0. The van der Waals surface area contributed by atoms with E-state index in [1.165, 1.54) is 11.6 Å². The molecule has 0 atom stereocenters. The quantitative estimate of drug-likeness (QED) is 0.832. The Morgan fingerprint density at radius 3 is 2.48 bits per heavy atom. The van der Waals surface area contributed by atoms with Crippen LogP contribution in [0.4, 0.5) is 4.79 Å². The van der Waals surface area contributed by atoms with Gasteiger partial charge >= 0.3 is 11.8 Å². The van der Waals surface area contributed by atoms with Crippen molar-refractivity contribution in [2.75, 3.05) is 13.1 Å². The summed E-state index contributed by atoms with van der Waals surface area (Å²) in [4.78, 5) is 37.1. The molecular weight excluding hydrogens is 300 g/mol. The molecule has 0 unspecified atom stereocenters. The predicted molar refractivity (Wildman–Crippen MR) is 85.4 cm³/mol. The van der Waals surface area contributed by atoms with E-state index in [0.29, 0.717) is 25.2 Å². The van der Waals surface area contributed by atoms with Crippen molar-refractivity contribution in [2.45, 2.75) is 39.0 Å². The number of ether oxygens (including phenoxy) is 1. The van der Waals surface area contributed by atoms with Crippen LogP contribution in [0.15, 0.2) is 15.8 Å². The van der Waals surface area contributed by atoms with Crippen molar-refractivity contribution in [3.8, 4) is 0 Å². The average Bonchev–Trinajstić information content (AvgIpc) is 2.38. The molecule has 0 aliphatic carbocycles. The van der Waals surface area contributed by atoms with Crippen LogP contribution in [0.25, 0.3) is 0 Å². The van der Waals surface area contributed by atoms with Crippen LogP contribution in [0.2, 0.25) is 0 Å². The van der Waals surface area contributed by atoms with E-state index in [4.69, 9.17) is 4.74 Å². The van der Waals surface area contributed by atoms with E-state index in [1.807, 2.05) is 20.8 Å². The minimum Gasteiger partial charge on any atom is -0.444 e. The lowest BCUT2D eigenvalue weighted by Crippen LogP contribution is -2.60. The van der Waals surface area contributed by atoms with Crippen molar-refractivity contribution in [3.63, 3.8) is 0 Å². The zero-order valence-corrected chi connectivity index (χ0v) is 14.3. The second kappa shape index (κ2) is 6.19. The fraction of sp³-hybridized carbons (Fsp3) is 0.667. The summed E-state index contributed by atoms with van der Waals surface area (Å²) in [6, 6.07) is 0.115. The molecular formula is C15H24N4O4. The van der Waals surface area contributed by atoms with Crippen molar-refractivity contribution in [3.05, 3.63) is 32.6 Å². The molecule has 128 valence electrons. The topological polar surface area (TPSA) is 85.6 Å². The molecule has 1 aromatic heterocycles. The molecule has 1 fully saturated rings. The van der Waals surface area contributed by atoms with Gasteiger partial charge in [0.15, 0.2) is 0 Å². The minimum atomic E-state index is -0.503. The summed E-state index contributed by atoms with van der Waals surface area (Å²) in [7, 11) is 3.07. The molecule has 1 aromatic rings. The maximum absolute atomic E-state index is 12.0. The van der Waals surface area contributed by atoms with Gasteiger partial charge < -0.3 is 19.5 Å². The Morgan fingerprint density at radius 1 is 1.30 bits per heavy atom. The number of rotatable bonds is 3. The number of nitrogens with one attached hydrogen (secondary N) is 1. The smallest absolute Gasteiger partial charge is 0.410 e. The first-order valence-electron chi connectivity index (χ1n) is 7.55. The monoisotopic (exact) mass is 324 g/mol. The Bertz CT molecular complexity index is 708. The lowest BCUT2D eigenvalue weighted by Gasteiger charge is -2.40. The number of hydrogen-bond acceptors (Lipinski definition) is 5. The van der Waals surface area contributed by atoms with Crippen LogP contribution in [-0.2, 0) is 25.4 Å². The first kappa shape index (κ1) is 17.3. The van der Waals surface area contributed by atoms with Gasteiger partial charge in [0.05, 0.1) is 0 Å². The number of carbonyl (C=O) groups is 1. The highest BCUT2D eigenvalue weighted by molar-refractivity contribution is 5.69. The standard InChI is InChI=1S/C15H24N4O4/c1-15(2,3)23-14(22)19-8-11(9-19)16-6-10-7-17(4)13(21)18(5)12(10)20/h7,11,16H,6,8-9H2,1-5H3. The van der Waals surface area contributed by atoms with Gasteiger partial charge in [-0.1, -0.05) is 0 Å². The summed E-state index contributed by atoms with van der Waals surface area (Å²) >= 11 is 0. The van der Waals surface area contributed by atoms with E-state index in [-0.39, 0.29) is 23.4 Å². The van der Waals surface area contributed by atoms with Crippen LogP contribution in [-0.4, -0.2) is 44.9 Å². The number of likely N-dealkylation sites (tertiary alicyclic amines) is 1. The second-order valence-corrected chi connectivity index (χ2v) is 6.88. The van der Waals surface area contributed by atoms with Gasteiger partial charge in [-0.25, -0.2) is 9.59 Å². The van der Waals surface area contributed by atoms with E-state index in [9.17, 15) is 14.4 Å². The van der Waals surface area contributed by atoms with Crippen molar-refractivity contribution in [1.82, 2.24) is 19.4 Å².